The monoisotopic (exact) mass is 232 g/mol. The number of nitrogens with zero attached hydrogens (tertiary/aromatic N) is 5. The van der Waals surface area contributed by atoms with Gasteiger partial charge in [-0.15, -0.1) is 0 Å². The maximum atomic E-state index is 5.66. The minimum absolute atomic E-state index is 0.728. The van der Waals surface area contributed by atoms with E-state index in [1.54, 1.807) is 4.68 Å². The zero-order valence-electron chi connectivity index (χ0n) is 10.0. The molecule has 0 unspecified atom stereocenters. The summed E-state index contributed by atoms with van der Waals surface area (Å²) in [7, 11) is 0. The predicted octanol–water partition coefficient (Wildman–Crippen LogP) is 1.09. The number of hydrogen-bond donors (Lipinski definition) is 1. The Morgan fingerprint density at radius 1 is 1.18 bits per heavy atom. The molecular formula is C11H16N6. The number of nitrogens with two attached hydrogens (primary N) is 1. The average Bonchev–Trinajstić information content (AvgIpc) is 2.81. The zero-order chi connectivity index (χ0) is 12.3. The lowest BCUT2D eigenvalue weighted by molar-refractivity contribution is 0.759. The van der Waals surface area contributed by atoms with Crippen LogP contribution < -0.4 is 10.6 Å². The van der Waals surface area contributed by atoms with Gasteiger partial charge in [-0.25, -0.2) is 0 Å². The number of anilines is 2. The van der Waals surface area contributed by atoms with Gasteiger partial charge in [-0.3, -0.25) is 0 Å². The van der Waals surface area contributed by atoms with Crippen molar-refractivity contribution in [3.63, 3.8) is 0 Å². The Labute approximate surface area is 100 Å². The summed E-state index contributed by atoms with van der Waals surface area (Å²) in [5, 5.41) is 11.8. The lowest BCUT2D eigenvalue weighted by Crippen LogP contribution is -2.25. The molecule has 17 heavy (non-hydrogen) atoms. The Morgan fingerprint density at radius 2 is 1.82 bits per heavy atom. The van der Waals surface area contributed by atoms with E-state index in [9.17, 15) is 0 Å². The molecular weight excluding hydrogens is 216 g/mol. The fourth-order valence-corrected chi connectivity index (χ4v) is 1.67. The first-order valence-corrected chi connectivity index (χ1v) is 5.65. The number of tetrazole rings is 1. The van der Waals surface area contributed by atoms with Gasteiger partial charge >= 0.3 is 0 Å². The van der Waals surface area contributed by atoms with E-state index >= 15 is 0 Å². The van der Waals surface area contributed by atoms with Crippen molar-refractivity contribution < 1.29 is 0 Å². The second-order valence-electron chi connectivity index (χ2n) is 3.65. The van der Waals surface area contributed by atoms with Crippen LogP contribution in [0.2, 0.25) is 0 Å². The van der Waals surface area contributed by atoms with E-state index in [4.69, 9.17) is 5.73 Å². The van der Waals surface area contributed by atoms with Crippen molar-refractivity contribution in [1.82, 2.24) is 20.2 Å². The first-order chi connectivity index (χ1) is 8.26. The molecule has 0 spiro atoms. The van der Waals surface area contributed by atoms with E-state index in [2.05, 4.69) is 34.3 Å². The van der Waals surface area contributed by atoms with Crippen molar-refractivity contribution in [2.75, 3.05) is 23.7 Å². The third kappa shape index (κ3) is 2.20. The molecule has 2 N–H and O–H groups in total. The van der Waals surface area contributed by atoms with Crippen LogP contribution >= 0.6 is 0 Å². The van der Waals surface area contributed by atoms with Gasteiger partial charge in [0, 0.05) is 18.8 Å². The highest BCUT2D eigenvalue weighted by atomic mass is 15.6. The number of hydrogen-bond acceptors (Lipinski definition) is 5. The zero-order valence-corrected chi connectivity index (χ0v) is 10.0. The van der Waals surface area contributed by atoms with E-state index < -0.39 is 0 Å². The minimum atomic E-state index is 0.728. The van der Waals surface area contributed by atoms with E-state index in [0.717, 1.165) is 30.4 Å². The third-order valence-corrected chi connectivity index (χ3v) is 2.64. The van der Waals surface area contributed by atoms with Crippen molar-refractivity contribution in [2.24, 2.45) is 0 Å². The van der Waals surface area contributed by atoms with E-state index in [1.165, 1.54) is 0 Å². The van der Waals surface area contributed by atoms with Gasteiger partial charge in [0.05, 0.1) is 5.69 Å². The number of aromatic nitrogens is 4. The molecule has 0 aliphatic heterocycles. The molecule has 0 amide bonds. The number of nitrogen functional groups attached to an aromatic ring is 1. The quantitative estimate of drug-likeness (QED) is 0.799. The highest BCUT2D eigenvalue weighted by Gasteiger charge is 2.12. The summed E-state index contributed by atoms with van der Waals surface area (Å²) in [6, 6.07) is 7.48. The molecule has 0 saturated carbocycles. The van der Waals surface area contributed by atoms with Crippen molar-refractivity contribution in [1.29, 1.82) is 0 Å². The van der Waals surface area contributed by atoms with Crippen LogP contribution in [0.5, 0.6) is 0 Å². The number of benzene rings is 1. The molecule has 6 heteroatoms. The van der Waals surface area contributed by atoms with Gasteiger partial charge < -0.3 is 10.6 Å². The van der Waals surface area contributed by atoms with Crippen molar-refractivity contribution in [2.45, 2.75) is 13.8 Å². The molecule has 2 aromatic rings. The Balaban J connectivity index is 2.39. The van der Waals surface area contributed by atoms with E-state index in [0.29, 0.717) is 0 Å². The first kappa shape index (κ1) is 11.4. The van der Waals surface area contributed by atoms with Gasteiger partial charge in [-0.05, 0) is 48.5 Å². The average molecular weight is 232 g/mol. The molecule has 1 aromatic heterocycles. The molecule has 0 saturated heterocycles. The summed E-state index contributed by atoms with van der Waals surface area (Å²) in [5.74, 6) is 0.750. The van der Waals surface area contributed by atoms with Crippen LogP contribution in [0.4, 0.5) is 11.6 Å². The second-order valence-corrected chi connectivity index (χ2v) is 3.65. The van der Waals surface area contributed by atoms with Crippen LogP contribution in [0.1, 0.15) is 13.8 Å². The van der Waals surface area contributed by atoms with Crippen molar-refractivity contribution in [3.8, 4) is 5.69 Å². The van der Waals surface area contributed by atoms with Gasteiger partial charge in [-0.1, -0.05) is 5.10 Å². The fourth-order valence-electron chi connectivity index (χ4n) is 1.67. The topological polar surface area (TPSA) is 72.9 Å². The third-order valence-electron chi connectivity index (χ3n) is 2.64. The molecule has 1 aromatic carbocycles. The maximum absolute atomic E-state index is 5.66. The number of rotatable bonds is 4. The van der Waals surface area contributed by atoms with E-state index in [1.807, 2.05) is 24.3 Å². The first-order valence-electron chi connectivity index (χ1n) is 5.65. The van der Waals surface area contributed by atoms with Crippen LogP contribution in [0, 0.1) is 0 Å². The van der Waals surface area contributed by atoms with Crippen molar-refractivity contribution >= 4 is 11.6 Å². The Hall–Kier alpha value is -2.11. The van der Waals surface area contributed by atoms with Gasteiger partial charge in [0.1, 0.15) is 0 Å². The molecule has 2 rings (SSSR count). The summed E-state index contributed by atoms with van der Waals surface area (Å²) in [6.45, 7) is 5.88. The van der Waals surface area contributed by atoms with Crippen LogP contribution in [0.3, 0.4) is 0 Å². The van der Waals surface area contributed by atoms with Crippen LogP contribution in [-0.4, -0.2) is 33.3 Å². The normalized spacial score (nSPS) is 10.5. The molecule has 0 bridgehead atoms. The smallest absolute Gasteiger partial charge is 0.250 e. The SMILES string of the molecule is CCN(CC)c1nnnn1-c1ccc(N)cc1. The van der Waals surface area contributed by atoms with E-state index in [-0.39, 0.29) is 0 Å². The van der Waals surface area contributed by atoms with Crippen LogP contribution in [-0.2, 0) is 0 Å². The van der Waals surface area contributed by atoms with Gasteiger partial charge in [0.2, 0.25) is 5.95 Å². The summed E-state index contributed by atoms with van der Waals surface area (Å²) < 4.78 is 1.71. The molecule has 0 aliphatic carbocycles. The Morgan fingerprint density at radius 3 is 2.41 bits per heavy atom. The molecule has 1 heterocycles. The summed E-state index contributed by atoms with van der Waals surface area (Å²) in [4.78, 5) is 2.09. The second kappa shape index (κ2) is 4.82. The minimum Gasteiger partial charge on any atom is -0.399 e. The fraction of sp³-hybridized carbons (Fsp3) is 0.364. The molecule has 6 nitrogen and oxygen atoms in total. The van der Waals surface area contributed by atoms with Gasteiger partial charge in [0.15, 0.2) is 0 Å². The predicted molar refractivity (Wildman–Crippen MR) is 67.1 cm³/mol. The lowest BCUT2D eigenvalue weighted by Gasteiger charge is -2.18. The molecule has 0 aliphatic rings. The summed E-state index contributed by atoms with van der Waals surface area (Å²) in [5.41, 5.74) is 7.30. The molecule has 0 atom stereocenters. The van der Waals surface area contributed by atoms with Crippen LogP contribution in [0.25, 0.3) is 5.69 Å². The van der Waals surface area contributed by atoms with Gasteiger partial charge in [-0.2, -0.15) is 4.68 Å². The molecule has 0 fully saturated rings. The van der Waals surface area contributed by atoms with Crippen molar-refractivity contribution in [3.05, 3.63) is 24.3 Å². The van der Waals surface area contributed by atoms with Crippen LogP contribution in [0.15, 0.2) is 24.3 Å². The largest absolute Gasteiger partial charge is 0.399 e. The highest BCUT2D eigenvalue weighted by molar-refractivity contribution is 5.47. The lowest BCUT2D eigenvalue weighted by atomic mass is 10.3. The standard InChI is InChI=1S/C11H16N6/c1-3-16(4-2)11-13-14-15-17(11)10-7-5-9(12)6-8-10/h5-8H,3-4,12H2,1-2H3. The molecule has 90 valence electrons. The Bertz CT molecular complexity index is 471. The van der Waals surface area contributed by atoms with Gasteiger partial charge in [0.25, 0.3) is 0 Å². The summed E-state index contributed by atoms with van der Waals surface area (Å²) in [6.07, 6.45) is 0. The highest BCUT2D eigenvalue weighted by Crippen LogP contribution is 2.16. The summed E-state index contributed by atoms with van der Waals surface area (Å²) >= 11 is 0. The maximum Gasteiger partial charge on any atom is 0.250 e. The molecule has 0 radical (unpaired) electrons. The Kier molecular flexibility index (Phi) is 3.22.